The maximum atomic E-state index is 9.65. The molecule has 0 saturated heterocycles. The molecule has 0 atom stereocenters. The third kappa shape index (κ3) is 2.81. The van der Waals surface area contributed by atoms with Gasteiger partial charge in [0.2, 0.25) is 0 Å². The average molecular weight is 227 g/mol. The summed E-state index contributed by atoms with van der Waals surface area (Å²) in [5.74, 6) is 0.888. The Morgan fingerprint density at radius 3 is 2.65 bits per heavy atom. The van der Waals surface area contributed by atoms with Crippen LogP contribution in [-0.2, 0) is 0 Å². The zero-order valence-electron chi connectivity index (χ0n) is 9.46. The molecule has 0 bridgehead atoms. The Morgan fingerprint density at radius 2 is 1.94 bits per heavy atom. The Hall–Kier alpha value is -2.36. The first-order valence-electron chi connectivity index (χ1n) is 5.27. The van der Waals surface area contributed by atoms with Gasteiger partial charge >= 0.3 is 0 Å². The fourth-order valence-electron chi connectivity index (χ4n) is 1.41. The lowest BCUT2D eigenvalue weighted by atomic mass is 10.1. The summed E-state index contributed by atoms with van der Waals surface area (Å²) < 4.78 is 0. The molecule has 0 aliphatic rings. The lowest BCUT2D eigenvalue weighted by molar-refractivity contribution is 0.474. The van der Waals surface area contributed by atoms with Gasteiger partial charge in [-0.1, -0.05) is 18.2 Å². The molecule has 1 aromatic carbocycles. The lowest BCUT2D eigenvalue weighted by Crippen LogP contribution is -2.00. The highest BCUT2D eigenvalue weighted by molar-refractivity contribution is 6.01. The molecule has 2 rings (SSSR count). The van der Waals surface area contributed by atoms with E-state index >= 15 is 0 Å². The van der Waals surface area contributed by atoms with Crippen molar-refractivity contribution < 1.29 is 5.11 Å². The highest BCUT2D eigenvalue weighted by atomic mass is 16.3. The Labute approximate surface area is 99.6 Å². The maximum absolute atomic E-state index is 9.65. The minimum absolute atomic E-state index is 0.219. The molecular formula is C13H13N3O. The van der Waals surface area contributed by atoms with E-state index in [1.165, 1.54) is 0 Å². The van der Waals surface area contributed by atoms with Crippen LogP contribution in [-0.4, -0.2) is 15.8 Å². The number of hydrogen-bond donors (Lipinski definition) is 2. The van der Waals surface area contributed by atoms with Gasteiger partial charge in [0.15, 0.2) is 0 Å². The number of pyridine rings is 1. The number of rotatable bonds is 3. The van der Waals surface area contributed by atoms with Crippen molar-refractivity contribution in [2.75, 3.05) is 5.43 Å². The number of hydrogen-bond acceptors (Lipinski definition) is 4. The van der Waals surface area contributed by atoms with Gasteiger partial charge in [-0.3, -0.25) is 5.43 Å². The normalized spacial score (nSPS) is 11.2. The number of benzene rings is 1. The molecule has 86 valence electrons. The zero-order chi connectivity index (χ0) is 12.1. The molecule has 17 heavy (non-hydrogen) atoms. The Kier molecular flexibility index (Phi) is 3.35. The molecule has 0 unspecified atom stereocenters. The van der Waals surface area contributed by atoms with Crippen molar-refractivity contribution in [2.24, 2.45) is 5.10 Å². The first kappa shape index (κ1) is 11.1. The molecule has 0 fully saturated rings. The Balaban J connectivity index is 2.16. The molecule has 0 aliphatic heterocycles. The molecule has 4 heteroatoms. The number of anilines is 1. The van der Waals surface area contributed by atoms with Gasteiger partial charge in [-0.05, 0) is 31.2 Å². The summed E-state index contributed by atoms with van der Waals surface area (Å²) in [5.41, 5.74) is 4.24. The van der Waals surface area contributed by atoms with Gasteiger partial charge in [0.05, 0.1) is 5.71 Å². The number of hydrazone groups is 1. The van der Waals surface area contributed by atoms with Crippen molar-refractivity contribution >= 4 is 11.5 Å². The van der Waals surface area contributed by atoms with Crippen LogP contribution >= 0.6 is 0 Å². The van der Waals surface area contributed by atoms with Crippen molar-refractivity contribution in [3.8, 4) is 5.75 Å². The fourth-order valence-corrected chi connectivity index (χ4v) is 1.41. The number of nitrogens with one attached hydrogen (secondary N) is 1. The van der Waals surface area contributed by atoms with E-state index in [1.807, 2.05) is 37.3 Å². The quantitative estimate of drug-likeness (QED) is 0.626. The van der Waals surface area contributed by atoms with Crippen LogP contribution in [0.1, 0.15) is 12.5 Å². The van der Waals surface area contributed by atoms with Gasteiger partial charge in [0.1, 0.15) is 11.6 Å². The van der Waals surface area contributed by atoms with Crippen LogP contribution in [0.25, 0.3) is 0 Å². The molecule has 0 aliphatic carbocycles. The van der Waals surface area contributed by atoms with Crippen LogP contribution in [0.3, 0.4) is 0 Å². The van der Waals surface area contributed by atoms with Crippen LogP contribution in [0.4, 0.5) is 5.82 Å². The van der Waals surface area contributed by atoms with E-state index in [0.717, 1.165) is 0 Å². The summed E-state index contributed by atoms with van der Waals surface area (Å²) in [6.45, 7) is 1.82. The van der Waals surface area contributed by atoms with Crippen molar-refractivity contribution in [3.63, 3.8) is 0 Å². The van der Waals surface area contributed by atoms with E-state index in [4.69, 9.17) is 0 Å². The van der Waals surface area contributed by atoms with Crippen molar-refractivity contribution in [2.45, 2.75) is 6.92 Å². The number of para-hydroxylation sites is 1. The summed E-state index contributed by atoms with van der Waals surface area (Å²) in [6.07, 6.45) is 1.69. The van der Waals surface area contributed by atoms with Crippen LogP contribution < -0.4 is 5.43 Å². The molecular weight excluding hydrogens is 214 g/mol. The van der Waals surface area contributed by atoms with E-state index in [2.05, 4.69) is 15.5 Å². The van der Waals surface area contributed by atoms with Crippen molar-refractivity contribution in [1.82, 2.24) is 4.98 Å². The Morgan fingerprint density at radius 1 is 1.18 bits per heavy atom. The van der Waals surface area contributed by atoms with Gasteiger partial charge in [-0.15, -0.1) is 0 Å². The maximum Gasteiger partial charge on any atom is 0.146 e. The van der Waals surface area contributed by atoms with Gasteiger partial charge in [0, 0.05) is 11.8 Å². The number of aromatic nitrogens is 1. The van der Waals surface area contributed by atoms with Crippen LogP contribution in [0.2, 0.25) is 0 Å². The van der Waals surface area contributed by atoms with E-state index in [1.54, 1.807) is 18.3 Å². The second-order valence-corrected chi connectivity index (χ2v) is 3.54. The molecule has 1 heterocycles. The first-order valence-corrected chi connectivity index (χ1v) is 5.27. The van der Waals surface area contributed by atoms with Gasteiger partial charge in [0.25, 0.3) is 0 Å². The topological polar surface area (TPSA) is 57.5 Å². The summed E-state index contributed by atoms with van der Waals surface area (Å²) >= 11 is 0. The second kappa shape index (κ2) is 5.12. The number of aromatic hydroxyl groups is 1. The van der Waals surface area contributed by atoms with E-state index < -0.39 is 0 Å². The van der Waals surface area contributed by atoms with E-state index in [0.29, 0.717) is 17.1 Å². The molecule has 0 spiro atoms. The molecule has 1 aromatic heterocycles. The largest absolute Gasteiger partial charge is 0.507 e. The number of nitrogens with zero attached hydrogens (tertiary/aromatic N) is 2. The third-order valence-electron chi connectivity index (χ3n) is 2.30. The van der Waals surface area contributed by atoms with Crippen LogP contribution in [0.5, 0.6) is 5.75 Å². The van der Waals surface area contributed by atoms with Gasteiger partial charge in [-0.25, -0.2) is 4.98 Å². The minimum Gasteiger partial charge on any atom is -0.507 e. The average Bonchev–Trinajstić information content (AvgIpc) is 2.38. The fraction of sp³-hybridized carbons (Fsp3) is 0.0769. The molecule has 4 nitrogen and oxygen atoms in total. The molecule has 0 amide bonds. The summed E-state index contributed by atoms with van der Waals surface area (Å²) in [6, 6.07) is 12.6. The SMILES string of the molecule is CC(=NNc1ccccn1)c1ccccc1O. The second-order valence-electron chi connectivity index (χ2n) is 3.54. The van der Waals surface area contributed by atoms with Crippen LogP contribution in [0.15, 0.2) is 53.8 Å². The zero-order valence-corrected chi connectivity index (χ0v) is 9.46. The lowest BCUT2D eigenvalue weighted by Gasteiger charge is -2.04. The summed E-state index contributed by atoms with van der Waals surface area (Å²) in [4.78, 5) is 4.09. The van der Waals surface area contributed by atoms with E-state index in [-0.39, 0.29) is 5.75 Å². The monoisotopic (exact) mass is 227 g/mol. The predicted molar refractivity (Wildman–Crippen MR) is 68.2 cm³/mol. The van der Waals surface area contributed by atoms with Gasteiger partial charge in [-0.2, -0.15) is 5.10 Å². The van der Waals surface area contributed by atoms with E-state index in [9.17, 15) is 5.11 Å². The molecule has 0 saturated carbocycles. The molecule has 2 N–H and O–H groups in total. The van der Waals surface area contributed by atoms with Crippen LogP contribution in [0, 0.1) is 0 Å². The first-order chi connectivity index (χ1) is 8.27. The molecule has 2 aromatic rings. The highest BCUT2D eigenvalue weighted by Crippen LogP contribution is 2.16. The summed E-state index contributed by atoms with van der Waals surface area (Å²) in [7, 11) is 0. The summed E-state index contributed by atoms with van der Waals surface area (Å²) in [5, 5.41) is 13.8. The third-order valence-corrected chi connectivity index (χ3v) is 2.30. The predicted octanol–water partition coefficient (Wildman–Crippen LogP) is 2.62. The Bertz CT molecular complexity index is 523. The van der Waals surface area contributed by atoms with Gasteiger partial charge < -0.3 is 5.11 Å². The van der Waals surface area contributed by atoms with Crippen molar-refractivity contribution in [3.05, 3.63) is 54.2 Å². The smallest absolute Gasteiger partial charge is 0.146 e. The molecule has 0 radical (unpaired) electrons. The van der Waals surface area contributed by atoms with Crippen molar-refractivity contribution in [1.29, 1.82) is 0 Å². The number of phenolic OH excluding ortho intramolecular Hbond substituents is 1. The highest BCUT2D eigenvalue weighted by Gasteiger charge is 2.02. The minimum atomic E-state index is 0.219. The standard InChI is InChI=1S/C13H13N3O/c1-10(11-6-2-3-7-12(11)17)15-16-13-8-4-5-9-14-13/h2-9,17H,1H3,(H,14,16). The number of phenols is 1.